The van der Waals surface area contributed by atoms with Crippen molar-refractivity contribution in [2.75, 3.05) is 12.4 Å². The van der Waals surface area contributed by atoms with Gasteiger partial charge in [-0.15, -0.1) is 11.3 Å². The minimum Gasteiger partial charge on any atom is -0.495 e. The number of nitrogens with zero attached hydrogens (tertiary/aromatic N) is 1. The first-order valence-corrected chi connectivity index (χ1v) is 10.1. The van der Waals surface area contributed by atoms with Crippen LogP contribution in [0, 0.1) is 6.92 Å². The van der Waals surface area contributed by atoms with E-state index in [2.05, 4.69) is 52.2 Å². The van der Waals surface area contributed by atoms with Crippen molar-refractivity contribution < 1.29 is 9.53 Å². The Kier molecular flexibility index (Phi) is 6.44. The molecule has 3 rings (SSSR count). The van der Waals surface area contributed by atoms with Gasteiger partial charge in [0, 0.05) is 17.0 Å². The van der Waals surface area contributed by atoms with Gasteiger partial charge < -0.3 is 10.1 Å². The smallest absolute Gasteiger partial charge is 0.241 e. The van der Waals surface area contributed by atoms with Gasteiger partial charge in [0.2, 0.25) is 5.91 Å². The summed E-state index contributed by atoms with van der Waals surface area (Å²) in [7, 11) is 1.59. The highest BCUT2D eigenvalue weighted by Gasteiger charge is 2.18. The Hall–Kier alpha value is -2.70. The van der Waals surface area contributed by atoms with Crippen LogP contribution in [0.5, 0.6) is 5.75 Å². The van der Waals surface area contributed by atoms with Crippen LogP contribution in [0.2, 0.25) is 0 Å². The summed E-state index contributed by atoms with van der Waals surface area (Å²) in [5.74, 6) is 0.537. The molecule has 2 N–H and O–H groups in total. The molecule has 0 fully saturated rings. The molecule has 1 aromatic heterocycles. The maximum absolute atomic E-state index is 12.6. The molecule has 0 aliphatic carbocycles. The fourth-order valence-electron chi connectivity index (χ4n) is 2.97. The number of carbonyl (C=O) groups is 1. The van der Waals surface area contributed by atoms with Crippen LogP contribution in [0.25, 0.3) is 11.3 Å². The lowest BCUT2D eigenvalue weighted by molar-refractivity contribution is -0.117. The number of nitrogens with one attached hydrogen (secondary N) is 2. The van der Waals surface area contributed by atoms with Crippen molar-refractivity contribution in [1.29, 1.82) is 0 Å². The standard InChI is InChI=1S/C22H25N3O2S/c1-14(17-9-11-18(12-10-17)20-13-28-16(3)24-20)23-15(2)22(26)25-19-7-5-6-8-21(19)27-4/h5-15,23H,1-4H3,(H,25,26). The number of aryl methyl sites for hydroxylation is 1. The number of benzene rings is 2. The number of aromatic nitrogens is 1. The van der Waals surface area contributed by atoms with Crippen LogP contribution >= 0.6 is 11.3 Å². The minimum absolute atomic E-state index is 0.0321. The summed E-state index contributed by atoms with van der Waals surface area (Å²) >= 11 is 1.65. The molecule has 28 heavy (non-hydrogen) atoms. The molecule has 6 heteroatoms. The van der Waals surface area contributed by atoms with E-state index in [1.54, 1.807) is 18.4 Å². The van der Waals surface area contributed by atoms with Crippen molar-refractivity contribution >= 4 is 22.9 Å². The van der Waals surface area contributed by atoms with E-state index >= 15 is 0 Å². The van der Waals surface area contributed by atoms with Gasteiger partial charge in [0.15, 0.2) is 0 Å². The zero-order valence-corrected chi connectivity index (χ0v) is 17.3. The van der Waals surface area contributed by atoms with Crippen molar-refractivity contribution in [2.24, 2.45) is 0 Å². The summed E-state index contributed by atoms with van der Waals surface area (Å²) in [6, 6.07) is 15.3. The number of para-hydroxylation sites is 2. The maximum Gasteiger partial charge on any atom is 0.241 e. The number of carbonyl (C=O) groups excluding carboxylic acids is 1. The predicted molar refractivity (Wildman–Crippen MR) is 115 cm³/mol. The Labute approximate surface area is 169 Å². The Morgan fingerprint density at radius 3 is 2.46 bits per heavy atom. The number of ether oxygens (including phenoxy) is 1. The van der Waals surface area contributed by atoms with Gasteiger partial charge in [0.1, 0.15) is 5.75 Å². The molecule has 2 aromatic carbocycles. The summed E-state index contributed by atoms with van der Waals surface area (Å²) in [5.41, 5.74) is 3.88. The van der Waals surface area contributed by atoms with Crippen molar-refractivity contribution in [3.05, 3.63) is 64.5 Å². The van der Waals surface area contributed by atoms with Crippen LogP contribution in [-0.4, -0.2) is 24.0 Å². The van der Waals surface area contributed by atoms with E-state index in [1.165, 1.54) is 0 Å². The molecular weight excluding hydrogens is 370 g/mol. The Morgan fingerprint density at radius 1 is 1.11 bits per heavy atom. The number of anilines is 1. The van der Waals surface area contributed by atoms with E-state index in [0.29, 0.717) is 11.4 Å². The van der Waals surface area contributed by atoms with E-state index in [4.69, 9.17) is 4.74 Å². The van der Waals surface area contributed by atoms with Crippen LogP contribution < -0.4 is 15.4 Å². The Morgan fingerprint density at radius 2 is 1.82 bits per heavy atom. The summed E-state index contributed by atoms with van der Waals surface area (Å²) in [4.78, 5) is 17.1. The van der Waals surface area contributed by atoms with E-state index < -0.39 is 0 Å². The molecular formula is C22H25N3O2S. The molecule has 0 saturated heterocycles. The van der Waals surface area contributed by atoms with Gasteiger partial charge in [-0.25, -0.2) is 4.98 Å². The fourth-order valence-corrected chi connectivity index (χ4v) is 3.60. The lowest BCUT2D eigenvalue weighted by atomic mass is 10.0. The van der Waals surface area contributed by atoms with Gasteiger partial charge >= 0.3 is 0 Å². The normalized spacial score (nSPS) is 13.0. The van der Waals surface area contributed by atoms with Crippen molar-refractivity contribution in [2.45, 2.75) is 32.9 Å². The van der Waals surface area contributed by atoms with Crippen LogP contribution in [0.15, 0.2) is 53.9 Å². The fraction of sp³-hybridized carbons (Fsp3) is 0.273. The van der Waals surface area contributed by atoms with E-state index in [9.17, 15) is 4.79 Å². The lowest BCUT2D eigenvalue weighted by Crippen LogP contribution is -2.39. The third-order valence-electron chi connectivity index (χ3n) is 4.58. The predicted octanol–water partition coefficient (Wildman–Crippen LogP) is 4.80. The van der Waals surface area contributed by atoms with E-state index in [1.807, 2.05) is 38.1 Å². The summed E-state index contributed by atoms with van der Waals surface area (Å²) in [6.45, 7) is 5.91. The van der Waals surface area contributed by atoms with Crippen LogP contribution in [0.3, 0.4) is 0 Å². The van der Waals surface area contributed by atoms with Crippen LogP contribution in [0.4, 0.5) is 5.69 Å². The molecule has 1 heterocycles. The molecule has 1 amide bonds. The van der Waals surface area contributed by atoms with Gasteiger partial charge in [0.25, 0.3) is 0 Å². The topological polar surface area (TPSA) is 63.2 Å². The van der Waals surface area contributed by atoms with Crippen LogP contribution in [-0.2, 0) is 4.79 Å². The number of amides is 1. The zero-order valence-electron chi connectivity index (χ0n) is 16.5. The highest BCUT2D eigenvalue weighted by molar-refractivity contribution is 7.09. The number of rotatable bonds is 7. The lowest BCUT2D eigenvalue weighted by Gasteiger charge is -2.20. The highest BCUT2D eigenvalue weighted by Crippen LogP contribution is 2.25. The monoisotopic (exact) mass is 395 g/mol. The number of hydrogen-bond donors (Lipinski definition) is 2. The molecule has 0 aliphatic rings. The number of methoxy groups -OCH3 is 1. The molecule has 3 aromatic rings. The SMILES string of the molecule is COc1ccccc1NC(=O)C(C)NC(C)c1ccc(-c2csc(C)n2)cc1. The van der Waals surface area contributed by atoms with Gasteiger partial charge in [-0.1, -0.05) is 36.4 Å². The van der Waals surface area contributed by atoms with Crippen molar-refractivity contribution in [3.8, 4) is 17.0 Å². The second-order valence-electron chi connectivity index (χ2n) is 6.67. The molecule has 0 saturated carbocycles. The van der Waals surface area contributed by atoms with E-state index in [0.717, 1.165) is 21.8 Å². The Bertz CT molecular complexity index is 937. The van der Waals surface area contributed by atoms with Crippen molar-refractivity contribution in [1.82, 2.24) is 10.3 Å². The average molecular weight is 396 g/mol. The molecule has 0 spiro atoms. The first kappa shape index (κ1) is 20.0. The van der Waals surface area contributed by atoms with E-state index in [-0.39, 0.29) is 18.0 Å². The molecule has 0 radical (unpaired) electrons. The average Bonchev–Trinajstić information content (AvgIpc) is 3.14. The summed E-state index contributed by atoms with van der Waals surface area (Å²) in [5, 5.41) is 9.39. The molecule has 146 valence electrons. The van der Waals surface area contributed by atoms with Gasteiger partial charge in [-0.3, -0.25) is 10.1 Å². The second-order valence-corrected chi connectivity index (χ2v) is 7.74. The third-order valence-corrected chi connectivity index (χ3v) is 5.36. The molecule has 2 unspecified atom stereocenters. The van der Waals surface area contributed by atoms with Gasteiger partial charge in [0.05, 0.1) is 29.5 Å². The number of hydrogen-bond acceptors (Lipinski definition) is 5. The number of thiazole rings is 1. The molecule has 5 nitrogen and oxygen atoms in total. The van der Waals surface area contributed by atoms with Gasteiger partial charge in [-0.05, 0) is 38.5 Å². The summed E-state index contributed by atoms with van der Waals surface area (Å²) in [6.07, 6.45) is 0. The zero-order chi connectivity index (χ0) is 20.1. The Balaban J connectivity index is 1.61. The molecule has 2 atom stereocenters. The largest absolute Gasteiger partial charge is 0.495 e. The van der Waals surface area contributed by atoms with Crippen LogP contribution in [0.1, 0.15) is 30.5 Å². The quantitative estimate of drug-likeness (QED) is 0.603. The first-order chi connectivity index (χ1) is 13.5. The van der Waals surface area contributed by atoms with Gasteiger partial charge in [-0.2, -0.15) is 0 Å². The molecule has 0 bridgehead atoms. The third kappa shape index (κ3) is 4.77. The highest BCUT2D eigenvalue weighted by atomic mass is 32.1. The maximum atomic E-state index is 12.6. The van der Waals surface area contributed by atoms with Crippen molar-refractivity contribution in [3.63, 3.8) is 0 Å². The first-order valence-electron chi connectivity index (χ1n) is 9.20. The summed E-state index contributed by atoms with van der Waals surface area (Å²) < 4.78 is 5.29. The second kappa shape index (κ2) is 8.99. The minimum atomic E-state index is -0.360. The molecule has 0 aliphatic heterocycles.